The average Bonchev–Trinajstić information content (AvgIpc) is 2.52. The predicted molar refractivity (Wildman–Crippen MR) is 60.8 cm³/mol. The van der Waals surface area contributed by atoms with Gasteiger partial charge >= 0.3 is 49.9 Å². The molecule has 2 atom stereocenters. The molecule has 0 aliphatic carbocycles. The Labute approximate surface area is 102 Å². The predicted octanol–water partition coefficient (Wildman–Crippen LogP) is 0.414. The van der Waals surface area contributed by atoms with Crippen LogP contribution in [0.25, 0.3) is 0 Å². The summed E-state index contributed by atoms with van der Waals surface area (Å²) in [6, 6.07) is 0. The molecule has 1 rings (SSSR count). The third-order valence-corrected chi connectivity index (χ3v) is 1.44. The molecule has 7 heteroatoms. The maximum absolute atomic E-state index is 5.34. The first kappa shape index (κ1) is 14.0. The zero-order valence-corrected chi connectivity index (χ0v) is 12.9. The van der Waals surface area contributed by atoms with Gasteiger partial charge in [-0.25, -0.2) is 0 Å². The van der Waals surface area contributed by atoms with Crippen LogP contribution in [0.15, 0.2) is 0 Å². The first-order valence-corrected chi connectivity index (χ1v) is 16.1. The number of ether oxygens (including phenoxy) is 2. The minimum atomic E-state index is 0.00926. The molecule has 4 nitrogen and oxygen atoms in total. The zero-order valence-electron chi connectivity index (χ0n) is 6.32. The first-order valence-electron chi connectivity index (χ1n) is 3.25. The fourth-order valence-corrected chi connectivity index (χ4v) is 0.868. The Morgan fingerprint density at radius 3 is 1.75 bits per heavy atom. The van der Waals surface area contributed by atoms with E-state index in [1.165, 1.54) is 0 Å². The van der Waals surface area contributed by atoms with Crippen molar-refractivity contribution in [1.82, 2.24) is 0 Å². The molecule has 1 saturated heterocycles. The van der Waals surface area contributed by atoms with Gasteiger partial charge in [0.05, 0.1) is 0 Å². The van der Waals surface area contributed by atoms with Gasteiger partial charge in [0.1, 0.15) is 19.0 Å². The van der Waals surface area contributed by atoms with Crippen molar-refractivity contribution in [2.24, 2.45) is 11.5 Å². The first-order chi connectivity index (χ1) is 5.79. The molecule has 1 aliphatic heterocycles. The summed E-state index contributed by atoms with van der Waals surface area (Å²) in [5, 5.41) is 0. The van der Waals surface area contributed by atoms with Crippen LogP contribution in [0.2, 0.25) is 0 Å². The molecule has 1 fully saturated rings. The third-order valence-electron chi connectivity index (χ3n) is 1.44. The fraction of sp³-hybridized carbons (Fsp3) is 1.00. The van der Waals surface area contributed by atoms with Gasteiger partial charge < -0.3 is 20.9 Å². The quantitative estimate of drug-likeness (QED) is 0.465. The van der Waals surface area contributed by atoms with E-state index in [9.17, 15) is 0 Å². The Morgan fingerprint density at radius 2 is 1.50 bits per heavy atom. The van der Waals surface area contributed by atoms with E-state index in [0.29, 0.717) is 31.1 Å². The Kier molecular flexibility index (Phi) is 11.1. The normalized spacial score (nSPS) is 28.3. The summed E-state index contributed by atoms with van der Waals surface area (Å²) in [5.74, 6) is 0. The molecule has 0 bridgehead atoms. The number of hydrogen-bond donors (Lipinski definition) is 2. The standard InChI is InChI=1S/C5H12N2O2.2HI.Pt/c6-1-4-5(2-7)9-3-8-4;;;/h4-5H,1-3,6-7H2;2*1H;/q;;;+2/p-2/t4-,5-;;;/m1.../s1. The van der Waals surface area contributed by atoms with Crippen molar-refractivity contribution in [2.45, 2.75) is 12.2 Å². The summed E-state index contributed by atoms with van der Waals surface area (Å²) in [6.07, 6.45) is 0.0185. The molecular formula is C5H12I2N2O2Pt. The van der Waals surface area contributed by atoms with Gasteiger partial charge in [0.2, 0.25) is 0 Å². The van der Waals surface area contributed by atoms with Gasteiger partial charge in [-0.3, -0.25) is 0 Å². The Bertz CT molecular complexity index is 101. The van der Waals surface area contributed by atoms with Crippen LogP contribution in [0.1, 0.15) is 0 Å². The van der Waals surface area contributed by atoms with Crippen molar-refractivity contribution in [3.8, 4) is 0 Å². The molecular weight excluding hydrogens is 569 g/mol. The zero-order chi connectivity index (χ0) is 9.40. The van der Waals surface area contributed by atoms with Crippen molar-refractivity contribution in [1.29, 1.82) is 0 Å². The van der Waals surface area contributed by atoms with E-state index >= 15 is 0 Å². The van der Waals surface area contributed by atoms with Crippen molar-refractivity contribution in [3.05, 3.63) is 0 Å². The van der Waals surface area contributed by atoms with Crippen molar-refractivity contribution in [3.63, 3.8) is 0 Å². The molecule has 1 aliphatic rings. The van der Waals surface area contributed by atoms with Gasteiger partial charge in [0.25, 0.3) is 0 Å². The monoisotopic (exact) mass is 581 g/mol. The summed E-state index contributed by atoms with van der Waals surface area (Å²) in [4.78, 5) is 0. The molecule has 0 aromatic carbocycles. The molecule has 0 amide bonds. The van der Waals surface area contributed by atoms with E-state index in [-0.39, 0.29) is 12.2 Å². The van der Waals surface area contributed by atoms with Crippen molar-refractivity contribution in [2.75, 3.05) is 19.9 Å². The topological polar surface area (TPSA) is 70.5 Å². The van der Waals surface area contributed by atoms with Gasteiger partial charge in [-0.15, -0.1) is 0 Å². The van der Waals surface area contributed by atoms with Crippen LogP contribution in [0, 0.1) is 0 Å². The molecule has 0 unspecified atom stereocenters. The molecule has 0 spiro atoms. The van der Waals surface area contributed by atoms with Crippen LogP contribution in [-0.2, 0) is 20.7 Å². The van der Waals surface area contributed by atoms with Crippen LogP contribution in [-0.4, -0.2) is 32.1 Å². The van der Waals surface area contributed by atoms with Gasteiger partial charge in [0.15, 0.2) is 0 Å². The fourth-order valence-electron chi connectivity index (χ4n) is 0.868. The summed E-state index contributed by atoms with van der Waals surface area (Å²) >= 11 is 5.30. The van der Waals surface area contributed by atoms with Gasteiger partial charge in [0, 0.05) is 13.1 Å². The van der Waals surface area contributed by atoms with E-state index in [2.05, 4.69) is 38.7 Å². The number of nitrogens with two attached hydrogens (primary N) is 2. The maximum atomic E-state index is 5.34. The molecule has 4 N–H and O–H groups in total. The van der Waals surface area contributed by atoms with Crippen LogP contribution in [0.4, 0.5) is 0 Å². The minimum absolute atomic E-state index is 0.00926. The molecule has 0 aromatic heterocycles. The van der Waals surface area contributed by atoms with E-state index in [1.54, 1.807) is 0 Å². The van der Waals surface area contributed by atoms with Crippen LogP contribution >= 0.6 is 38.7 Å². The molecule has 78 valence electrons. The van der Waals surface area contributed by atoms with Crippen molar-refractivity contribution >= 4 is 38.7 Å². The molecule has 0 saturated carbocycles. The summed E-state index contributed by atoms with van der Waals surface area (Å²) in [5.41, 5.74) is 10.7. The van der Waals surface area contributed by atoms with Crippen LogP contribution in [0.5, 0.6) is 0 Å². The second-order valence-corrected chi connectivity index (χ2v) is 18.6. The second-order valence-electron chi connectivity index (χ2n) is 2.04. The van der Waals surface area contributed by atoms with Gasteiger partial charge in [-0.1, -0.05) is 0 Å². The summed E-state index contributed by atoms with van der Waals surface area (Å²) in [7, 11) is 0. The number of rotatable bonds is 2. The SMILES string of the molecule is NC[C@H]1OCO[C@@H]1CN.[I][Pt][I]. The number of hydrogen-bond acceptors (Lipinski definition) is 4. The van der Waals surface area contributed by atoms with E-state index in [0.717, 1.165) is 0 Å². The molecule has 12 heavy (non-hydrogen) atoms. The molecule has 1 heterocycles. The second kappa shape index (κ2) is 9.54. The van der Waals surface area contributed by atoms with Gasteiger partial charge in [-0.05, 0) is 0 Å². The molecule has 0 radical (unpaired) electrons. The Hall–Kier alpha value is 1.99. The van der Waals surface area contributed by atoms with E-state index in [1.807, 2.05) is 0 Å². The van der Waals surface area contributed by atoms with Gasteiger partial charge in [-0.2, -0.15) is 0 Å². The summed E-state index contributed by atoms with van der Waals surface area (Å²) in [6.45, 7) is 1.31. The number of halogens is 2. The van der Waals surface area contributed by atoms with Crippen LogP contribution in [0.3, 0.4) is 0 Å². The Balaban J connectivity index is 0.000000354. The Morgan fingerprint density at radius 1 is 1.17 bits per heavy atom. The van der Waals surface area contributed by atoms with E-state index < -0.39 is 0 Å². The average molecular weight is 581 g/mol. The summed E-state index contributed by atoms with van der Waals surface area (Å²) < 4.78 is 10.2. The molecule has 0 aromatic rings. The van der Waals surface area contributed by atoms with E-state index in [4.69, 9.17) is 20.9 Å². The third kappa shape index (κ3) is 5.66. The van der Waals surface area contributed by atoms with Crippen molar-refractivity contribution < 1.29 is 20.7 Å². The van der Waals surface area contributed by atoms with Crippen LogP contribution < -0.4 is 11.5 Å².